The van der Waals surface area contributed by atoms with Gasteiger partial charge in [-0.3, -0.25) is 4.90 Å². The van der Waals surface area contributed by atoms with Crippen molar-refractivity contribution in [3.05, 3.63) is 23.4 Å². The van der Waals surface area contributed by atoms with Gasteiger partial charge in [0.05, 0.1) is 13.2 Å². The molecule has 0 radical (unpaired) electrons. The van der Waals surface area contributed by atoms with E-state index in [1.807, 2.05) is 0 Å². The van der Waals surface area contributed by atoms with Gasteiger partial charge < -0.3 is 9.64 Å². The highest BCUT2D eigenvalue weighted by Gasteiger charge is 2.27. The first-order valence-corrected chi connectivity index (χ1v) is 8.73. The second kappa shape index (κ2) is 6.97. The first kappa shape index (κ1) is 15.8. The van der Waals surface area contributed by atoms with E-state index >= 15 is 0 Å². The van der Waals surface area contributed by atoms with Crippen LogP contribution in [0.15, 0.2) is 12.1 Å². The van der Waals surface area contributed by atoms with Crippen LogP contribution in [-0.2, 0) is 4.74 Å². The molecule has 122 valence electrons. The Morgan fingerprint density at radius 2 is 1.91 bits per heavy atom. The molecule has 0 bridgehead atoms. The Bertz CT molecular complexity index is 497. The molecule has 4 heteroatoms. The maximum atomic E-state index is 5.43. The molecule has 2 aliphatic rings. The quantitative estimate of drug-likeness (QED) is 0.857. The van der Waals surface area contributed by atoms with Gasteiger partial charge in [-0.15, -0.1) is 0 Å². The predicted molar refractivity (Wildman–Crippen MR) is 90.4 cm³/mol. The third-order valence-electron chi connectivity index (χ3n) is 5.01. The lowest BCUT2D eigenvalue weighted by Gasteiger charge is -2.39. The van der Waals surface area contributed by atoms with Crippen LogP contribution < -0.4 is 4.90 Å². The second-order valence-corrected chi connectivity index (χ2v) is 6.79. The maximum Gasteiger partial charge on any atom is 0.128 e. The summed E-state index contributed by atoms with van der Waals surface area (Å²) in [6, 6.07) is 5.67. The smallest absolute Gasteiger partial charge is 0.128 e. The highest BCUT2D eigenvalue weighted by atomic mass is 16.5. The number of anilines is 1. The molecular weight excluding hydrogens is 274 g/mol. The van der Waals surface area contributed by atoms with Crippen molar-refractivity contribution in [3.63, 3.8) is 0 Å². The third-order valence-corrected chi connectivity index (χ3v) is 5.01. The Balaban J connectivity index is 1.81. The van der Waals surface area contributed by atoms with Crippen LogP contribution >= 0.6 is 0 Å². The number of ether oxygens (including phenoxy) is 1. The van der Waals surface area contributed by atoms with Crippen molar-refractivity contribution < 1.29 is 4.74 Å². The average molecular weight is 303 g/mol. The maximum absolute atomic E-state index is 5.43. The molecule has 3 heterocycles. The molecular formula is C18H29N3O. The number of piperidine rings is 1. The minimum absolute atomic E-state index is 0.542. The highest BCUT2D eigenvalue weighted by Crippen LogP contribution is 2.34. The van der Waals surface area contributed by atoms with Crippen molar-refractivity contribution in [2.75, 3.05) is 37.7 Å². The number of morpholine rings is 1. The van der Waals surface area contributed by atoms with Crippen LogP contribution in [0.5, 0.6) is 0 Å². The van der Waals surface area contributed by atoms with E-state index in [0.29, 0.717) is 12.1 Å². The number of hydrogen-bond acceptors (Lipinski definition) is 4. The van der Waals surface area contributed by atoms with E-state index < -0.39 is 0 Å². The lowest BCUT2D eigenvalue weighted by molar-refractivity contribution is 0.111. The fourth-order valence-electron chi connectivity index (χ4n) is 3.79. The van der Waals surface area contributed by atoms with Gasteiger partial charge in [0.15, 0.2) is 0 Å². The number of aromatic nitrogens is 1. The standard InChI is InChI=1S/C18H29N3O/c1-14(2)21-9-5-4-6-17(21)16-7-8-18(19-15(16)3)20-10-12-22-13-11-20/h7-8,14,17H,4-6,9-13H2,1-3H3/t17-/m1/s1. The molecule has 2 saturated heterocycles. The van der Waals surface area contributed by atoms with Crippen molar-refractivity contribution in [1.82, 2.24) is 9.88 Å². The van der Waals surface area contributed by atoms with Crippen molar-refractivity contribution in [2.24, 2.45) is 0 Å². The fourth-order valence-corrected chi connectivity index (χ4v) is 3.79. The van der Waals surface area contributed by atoms with E-state index in [4.69, 9.17) is 9.72 Å². The Labute approximate surface area is 134 Å². The van der Waals surface area contributed by atoms with Crippen LogP contribution in [0, 0.1) is 6.92 Å². The van der Waals surface area contributed by atoms with Crippen molar-refractivity contribution in [2.45, 2.75) is 52.1 Å². The molecule has 0 amide bonds. The van der Waals surface area contributed by atoms with Crippen LogP contribution in [0.2, 0.25) is 0 Å². The summed E-state index contributed by atoms with van der Waals surface area (Å²) in [5.41, 5.74) is 2.62. The minimum Gasteiger partial charge on any atom is -0.378 e. The number of likely N-dealkylation sites (tertiary alicyclic amines) is 1. The van der Waals surface area contributed by atoms with Gasteiger partial charge in [-0.25, -0.2) is 4.98 Å². The summed E-state index contributed by atoms with van der Waals surface area (Å²) in [5.74, 6) is 1.11. The molecule has 1 aromatic heterocycles. The van der Waals surface area contributed by atoms with Gasteiger partial charge in [0.2, 0.25) is 0 Å². The summed E-state index contributed by atoms with van der Waals surface area (Å²) >= 11 is 0. The summed E-state index contributed by atoms with van der Waals surface area (Å²) in [6.45, 7) is 11.5. The summed E-state index contributed by atoms with van der Waals surface area (Å²) in [4.78, 5) is 9.88. The van der Waals surface area contributed by atoms with Gasteiger partial charge in [-0.1, -0.05) is 12.5 Å². The van der Waals surface area contributed by atoms with E-state index in [9.17, 15) is 0 Å². The molecule has 3 rings (SSSR count). The van der Waals surface area contributed by atoms with Gasteiger partial charge >= 0.3 is 0 Å². The van der Waals surface area contributed by atoms with E-state index in [0.717, 1.165) is 32.1 Å². The van der Waals surface area contributed by atoms with E-state index in [1.165, 1.54) is 37.1 Å². The Morgan fingerprint density at radius 1 is 1.14 bits per heavy atom. The van der Waals surface area contributed by atoms with Crippen LogP contribution in [-0.4, -0.2) is 48.8 Å². The van der Waals surface area contributed by atoms with Gasteiger partial charge in [0.25, 0.3) is 0 Å². The first-order valence-electron chi connectivity index (χ1n) is 8.73. The van der Waals surface area contributed by atoms with E-state index in [2.05, 4.69) is 42.7 Å². The predicted octanol–water partition coefficient (Wildman–Crippen LogP) is 3.16. The van der Waals surface area contributed by atoms with Crippen LogP contribution in [0.1, 0.15) is 50.4 Å². The molecule has 0 saturated carbocycles. The zero-order valence-corrected chi connectivity index (χ0v) is 14.2. The molecule has 0 unspecified atom stereocenters. The Kier molecular flexibility index (Phi) is 4.99. The number of pyridine rings is 1. The average Bonchev–Trinajstić information content (AvgIpc) is 2.55. The number of nitrogens with zero attached hydrogens (tertiary/aromatic N) is 3. The zero-order valence-electron chi connectivity index (χ0n) is 14.2. The largest absolute Gasteiger partial charge is 0.378 e. The van der Waals surface area contributed by atoms with Gasteiger partial charge in [0, 0.05) is 30.9 Å². The first-order chi connectivity index (χ1) is 10.7. The number of hydrogen-bond donors (Lipinski definition) is 0. The van der Waals surface area contributed by atoms with Crippen molar-refractivity contribution in [1.29, 1.82) is 0 Å². The third kappa shape index (κ3) is 3.28. The van der Waals surface area contributed by atoms with Gasteiger partial charge in [-0.2, -0.15) is 0 Å². The summed E-state index contributed by atoms with van der Waals surface area (Å²) in [5, 5.41) is 0. The Morgan fingerprint density at radius 3 is 2.59 bits per heavy atom. The lowest BCUT2D eigenvalue weighted by atomic mass is 9.93. The highest BCUT2D eigenvalue weighted by molar-refractivity contribution is 5.43. The minimum atomic E-state index is 0.542. The molecule has 1 atom stereocenters. The SMILES string of the molecule is Cc1nc(N2CCOCC2)ccc1[C@H]1CCCCN1C(C)C. The number of aryl methyl sites for hydroxylation is 1. The topological polar surface area (TPSA) is 28.6 Å². The van der Waals surface area contributed by atoms with Gasteiger partial charge in [0.1, 0.15) is 5.82 Å². The lowest BCUT2D eigenvalue weighted by Crippen LogP contribution is -2.39. The van der Waals surface area contributed by atoms with Crippen LogP contribution in [0.3, 0.4) is 0 Å². The molecule has 0 spiro atoms. The molecule has 2 aliphatic heterocycles. The molecule has 0 N–H and O–H groups in total. The zero-order chi connectivity index (χ0) is 15.5. The van der Waals surface area contributed by atoms with E-state index in [-0.39, 0.29) is 0 Å². The Hall–Kier alpha value is -1.13. The second-order valence-electron chi connectivity index (χ2n) is 6.79. The monoisotopic (exact) mass is 303 g/mol. The van der Waals surface area contributed by atoms with Crippen LogP contribution in [0.4, 0.5) is 5.82 Å². The van der Waals surface area contributed by atoms with Crippen molar-refractivity contribution >= 4 is 5.82 Å². The summed E-state index contributed by atoms with van der Waals surface area (Å²) < 4.78 is 5.43. The number of rotatable bonds is 3. The van der Waals surface area contributed by atoms with Crippen LogP contribution in [0.25, 0.3) is 0 Å². The molecule has 0 aromatic carbocycles. The molecule has 1 aromatic rings. The molecule has 2 fully saturated rings. The normalized spacial score (nSPS) is 24.0. The fraction of sp³-hybridized carbons (Fsp3) is 0.722. The summed E-state index contributed by atoms with van der Waals surface area (Å²) in [7, 11) is 0. The van der Waals surface area contributed by atoms with Gasteiger partial charge in [-0.05, 0) is 51.8 Å². The molecule has 0 aliphatic carbocycles. The van der Waals surface area contributed by atoms with E-state index in [1.54, 1.807) is 0 Å². The molecule has 4 nitrogen and oxygen atoms in total. The summed E-state index contributed by atoms with van der Waals surface area (Å²) in [6.07, 6.45) is 3.92. The molecule has 22 heavy (non-hydrogen) atoms. The van der Waals surface area contributed by atoms with Crippen molar-refractivity contribution in [3.8, 4) is 0 Å².